The monoisotopic (exact) mass is 1860 g/mol. The van der Waals surface area contributed by atoms with Gasteiger partial charge in [-0.1, -0.05) is 71.9 Å². The number of nitrogens with one attached hydrogen (secondary N) is 3. The van der Waals surface area contributed by atoms with Gasteiger partial charge in [-0.2, -0.15) is 34.6 Å². The molecular formula is C88H124ClFN26O11Si3. The Hall–Kier alpha value is -11.8. The summed E-state index contributed by atoms with van der Waals surface area (Å²) in [6.07, 6.45) is 22.1. The molecule has 12 aromatic rings. The lowest BCUT2D eigenvalue weighted by molar-refractivity contribution is -0.387. The number of carbonyl (C=O) groups excluding carboxylic acids is 1. The maximum absolute atomic E-state index is 14.1. The number of benzene rings is 3. The molecule has 698 valence electrons. The van der Waals surface area contributed by atoms with E-state index in [0.29, 0.717) is 109 Å². The van der Waals surface area contributed by atoms with Crippen LogP contribution in [0.1, 0.15) is 19.3 Å². The van der Waals surface area contributed by atoms with Crippen LogP contribution in [0, 0.1) is 26.0 Å². The average molecular weight is 1860 g/mol. The van der Waals surface area contributed by atoms with Crippen LogP contribution in [0.2, 0.25) is 77.1 Å². The predicted octanol–water partition coefficient (Wildman–Crippen LogP) is 15.8. The molecular weight excluding hydrogens is 1740 g/mol. The van der Waals surface area contributed by atoms with E-state index in [1.807, 2.05) is 113 Å². The van der Waals surface area contributed by atoms with E-state index >= 15 is 0 Å². The maximum atomic E-state index is 14.1. The van der Waals surface area contributed by atoms with Gasteiger partial charge in [0.25, 0.3) is 5.69 Å². The summed E-state index contributed by atoms with van der Waals surface area (Å²) in [4.78, 5) is 71.8. The van der Waals surface area contributed by atoms with Gasteiger partial charge in [0, 0.05) is 218 Å². The van der Waals surface area contributed by atoms with Crippen molar-refractivity contribution in [2.45, 2.75) is 117 Å². The third-order valence-electron chi connectivity index (χ3n) is 21.9. The lowest BCUT2D eigenvalue weighted by Crippen LogP contribution is -2.44. The summed E-state index contributed by atoms with van der Waals surface area (Å²) in [5, 5.41) is 48.0. The fourth-order valence-corrected chi connectivity index (χ4v) is 16.7. The number of nitrogens with two attached hydrogens (primary N) is 1. The number of aromatic nitrogens is 15. The molecule has 0 unspecified atom stereocenters. The minimum atomic E-state index is -1.23. The van der Waals surface area contributed by atoms with Gasteiger partial charge in [-0.05, 0) is 107 Å². The first-order valence-corrected chi connectivity index (χ1v) is 54.7. The Bertz CT molecular complexity index is 5860. The van der Waals surface area contributed by atoms with E-state index in [1.54, 1.807) is 53.8 Å². The number of carbonyl (C=O) groups is 1. The number of ether oxygens (including phenoxy) is 6. The van der Waals surface area contributed by atoms with Crippen LogP contribution in [0.3, 0.4) is 0 Å². The number of aryl methyl sites for hydroxylation is 3. The maximum Gasteiger partial charge on any atom is 0.307 e. The Balaban J connectivity index is 0.000000177. The van der Waals surface area contributed by atoms with E-state index in [1.165, 1.54) is 45.5 Å². The van der Waals surface area contributed by atoms with Gasteiger partial charge in [0.15, 0.2) is 0 Å². The highest BCUT2D eigenvalue weighted by molar-refractivity contribution is 6.76. The van der Waals surface area contributed by atoms with Crippen molar-refractivity contribution in [3.63, 3.8) is 0 Å². The van der Waals surface area contributed by atoms with Crippen molar-refractivity contribution in [1.29, 1.82) is 0 Å². The number of nitrogens with zero attached hydrogens (tertiary/aromatic N) is 22. The molecule has 0 amide bonds. The largest absolute Gasteiger partial charge is 0.494 e. The number of hydrogen-bond donors (Lipinski definition) is 4. The smallest absolute Gasteiger partial charge is 0.307 e. The van der Waals surface area contributed by atoms with Crippen molar-refractivity contribution < 1.29 is 47.5 Å². The Kier molecular flexibility index (Phi) is 33.9. The number of likely N-dealkylation sites (N-methyl/N-ethyl adjacent to an activating group) is 2. The van der Waals surface area contributed by atoms with Crippen molar-refractivity contribution in [2.75, 3.05) is 159 Å². The molecule has 130 heavy (non-hydrogen) atoms. The number of hydrogen-bond acceptors (Lipinski definition) is 29. The van der Waals surface area contributed by atoms with Gasteiger partial charge in [-0.25, -0.2) is 15.0 Å². The molecule has 0 saturated carbocycles. The van der Waals surface area contributed by atoms with E-state index in [-0.39, 0.29) is 33.9 Å². The van der Waals surface area contributed by atoms with Crippen molar-refractivity contribution in [3.8, 4) is 51.0 Å². The minimum absolute atomic E-state index is 0.00409. The fraction of sp³-hybridized carbons (Fsp3) is 0.455. The zero-order valence-electron chi connectivity index (χ0n) is 77.9. The molecule has 0 spiro atoms. The second kappa shape index (κ2) is 44.7. The number of halogens is 2. The van der Waals surface area contributed by atoms with Crippen LogP contribution in [-0.2, 0) is 60.3 Å². The molecule has 3 aliphatic heterocycles. The van der Waals surface area contributed by atoms with E-state index < -0.39 is 45.9 Å². The Morgan fingerprint density at radius 3 is 1.12 bits per heavy atom. The number of nitrogen functional groups attached to an aromatic ring is 1. The standard InChI is InChI=1S/C28H39N9O4Si.C28H41N9O2Si.C23H28FN7O4Si.C6H13N.C3H3ClO/c1-33-9-11-35(12-10-33)23-16-25(40-3)22(15-24(23)37(38)39)30-28-31-26(20-17-29-34(2)18-20)21-7-8-36(27(21)32-28)19-41-13-14-42(4,5)6;1-34-9-11-36(12-10-34)24-16-25(38-3)23(15-22(24)29)31-28-32-26(20-17-30-35(2)18-20)21-7-8-37(27(21)33-28)19-39-13-14-40(4,5)6;1-29-13-15(12-25-29)21-16-6-7-30(14-35-8-9-36(3,4)5)22(16)28-23(27-21)26-18-11-19(31(32)33)17(24)10-20(18)34-2;1-7-5-3-2-4-6-7;1-2-3(4)5/h7-8,15-18H,9-14,19H2,1-6H3,(H,30,31,32);7-8,15-18H,9-14,19,29H2,1-6H3,(H,31,32,33);6-7,10-13H,8-9,14H2,1-5H3,(H,26,27,28);2-6H2,1H3;2H,1H2. The van der Waals surface area contributed by atoms with E-state index in [2.05, 4.69) is 140 Å². The lowest BCUT2D eigenvalue weighted by atomic mass is 10.1. The highest BCUT2D eigenvalue weighted by Crippen LogP contribution is 2.43. The van der Waals surface area contributed by atoms with Crippen LogP contribution in [0.15, 0.2) is 123 Å². The lowest BCUT2D eigenvalue weighted by Gasteiger charge is -2.35. The summed E-state index contributed by atoms with van der Waals surface area (Å²) in [5.41, 5.74) is 16.0. The number of methoxy groups -OCH3 is 3. The van der Waals surface area contributed by atoms with Gasteiger partial charge in [0.05, 0.1) is 95.3 Å². The normalized spacial score (nSPS) is 14.1. The molecule has 3 fully saturated rings. The van der Waals surface area contributed by atoms with Crippen LogP contribution < -0.4 is 45.7 Å². The fourth-order valence-electron chi connectivity index (χ4n) is 14.4. The molecule has 42 heteroatoms. The Labute approximate surface area is 765 Å². The highest BCUT2D eigenvalue weighted by atomic mass is 35.5. The number of nitro benzene ring substituents is 2. The SMILES string of the molecule is C=CC(=O)Cl.CN1CCCCC1.COc1cc(F)c([N+](=O)[O-])cc1Nc1nc(-c2cnn(C)c2)c2ccn(COCC[Si](C)(C)C)c2n1.COc1cc(N2CCN(C)CC2)c(N)cc1Nc1nc(-c2cnn(C)c2)c2ccn(COCC[Si](C)(C)C)c2n1.COc1cc(N2CCN(C)CC2)c([N+](=O)[O-])cc1Nc1nc(-c2cnn(C)c2)c2ccn(COCC[Si](C)(C)C)c2n1. The third-order valence-corrected chi connectivity index (χ3v) is 27.2. The first-order chi connectivity index (χ1) is 61.8. The predicted molar refractivity (Wildman–Crippen MR) is 520 cm³/mol. The Morgan fingerprint density at radius 2 is 0.808 bits per heavy atom. The summed E-state index contributed by atoms with van der Waals surface area (Å²) in [7, 11) is 12.9. The average Bonchev–Trinajstić information content (AvgIpc) is 1.54. The van der Waals surface area contributed by atoms with Crippen LogP contribution in [0.4, 0.5) is 67.7 Å². The van der Waals surface area contributed by atoms with Gasteiger partial charge in [0.1, 0.15) is 60.1 Å². The van der Waals surface area contributed by atoms with Gasteiger partial charge in [-0.15, -0.1) is 0 Å². The number of piperidine rings is 1. The summed E-state index contributed by atoms with van der Waals surface area (Å²) in [6.45, 7) is 36.6. The number of allylic oxidation sites excluding steroid dienone is 1. The van der Waals surface area contributed by atoms with Crippen molar-refractivity contribution in [2.24, 2.45) is 21.1 Å². The molecule has 0 aliphatic carbocycles. The second-order valence-electron chi connectivity index (χ2n) is 36.0. The molecule has 3 aliphatic rings. The molecule has 0 bridgehead atoms. The van der Waals surface area contributed by atoms with E-state index in [0.717, 1.165) is 132 Å². The van der Waals surface area contributed by atoms with Crippen molar-refractivity contribution in [1.82, 2.24) is 87.6 Å². The van der Waals surface area contributed by atoms with E-state index in [9.17, 15) is 29.4 Å². The topological polar surface area (TPSA) is 383 Å². The van der Waals surface area contributed by atoms with Crippen molar-refractivity contribution >= 4 is 138 Å². The minimum Gasteiger partial charge on any atom is -0.494 e. The summed E-state index contributed by atoms with van der Waals surface area (Å²) >= 11 is 4.71. The van der Waals surface area contributed by atoms with Gasteiger partial charge < -0.3 is 88.3 Å². The molecule has 3 saturated heterocycles. The molecule has 0 radical (unpaired) electrons. The molecule has 9 aromatic heterocycles. The number of rotatable bonds is 32. The summed E-state index contributed by atoms with van der Waals surface area (Å²) < 4.78 is 59.8. The number of fused-ring (bicyclic) bond motifs is 3. The summed E-state index contributed by atoms with van der Waals surface area (Å²) in [6, 6.07) is 18.3. The highest BCUT2D eigenvalue weighted by Gasteiger charge is 2.30. The molecule has 5 N–H and O–H groups in total. The second-order valence-corrected chi connectivity index (χ2v) is 53.2. The van der Waals surface area contributed by atoms with Crippen LogP contribution in [0.5, 0.6) is 17.2 Å². The van der Waals surface area contributed by atoms with E-state index in [4.69, 9.17) is 65.7 Å². The van der Waals surface area contributed by atoms with Crippen LogP contribution >= 0.6 is 11.6 Å². The first-order valence-electron chi connectivity index (χ1n) is 43.2. The zero-order chi connectivity index (χ0) is 93.9. The number of nitro groups is 2. The number of piperazine rings is 2. The Morgan fingerprint density at radius 1 is 0.485 bits per heavy atom. The first kappa shape index (κ1) is 98.8. The summed E-state index contributed by atoms with van der Waals surface area (Å²) in [5.74, 6) is 1.10. The zero-order valence-corrected chi connectivity index (χ0v) is 81.7. The molecule has 3 aromatic carbocycles. The number of anilines is 9. The van der Waals surface area contributed by atoms with Gasteiger partial charge in [0.2, 0.25) is 28.9 Å². The molecule has 12 heterocycles. The molecule has 37 nitrogen and oxygen atoms in total. The van der Waals surface area contributed by atoms with Crippen LogP contribution in [0.25, 0.3) is 66.9 Å². The molecule has 15 rings (SSSR count). The quantitative estimate of drug-likeness (QED) is 0.00578. The van der Waals surface area contributed by atoms with Gasteiger partial charge in [-0.3, -0.25) is 39.1 Å². The number of likely N-dealkylation sites (tertiary alicyclic amines) is 1. The van der Waals surface area contributed by atoms with Crippen molar-refractivity contribution in [3.05, 3.63) is 149 Å². The van der Waals surface area contributed by atoms with Crippen LogP contribution in [-0.4, -0.2) is 255 Å². The van der Waals surface area contributed by atoms with Gasteiger partial charge >= 0.3 is 5.69 Å². The molecule has 0 atom stereocenters. The third kappa shape index (κ3) is 27.2.